The first-order valence-corrected chi connectivity index (χ1v) is 9.11. The van der Waals surface area contributed by atoms with Crippen LogP contribution in [0.3, 0.4) is 0 Å². The van der Waals surface area contributed by atoms with Crippen molar-refractivity contribution in [3.05, 3.63) is 69.7 Å². The maximum Gasteiger partial charge on any atom is 0.317 e. The first-order chi connectivity index (χ1) is 12.5. The number of halogens is 2. The predicted octanol–water partition coefficient (Wildman–Crippen LogP) is 3.66. The molecule has 2 aromatic carbocycles. The van der Waals surface area contributed by atoms with Crippen LogP contribution in [-0.4, -0.2) is 47.9 Å². The average Bonchev–Trinajstić information content (AvgIpc) is 2.67. The molecule has 1 saturated heterocycles. The minimum Gasteiger partial charge on any atom is -0.335 e. The Balaban J connectivity index is 1.50. The summed E-state index contributed by atoms with van der Waals surface area (Å²) in [5, 5.41) is 4.11. The van der Waals surface area contributed by atoms with Crippen molar-refractivity contribution in [2.24, 2.45) is 0 Å². The van der Waals surface area contributed by atoms with Crippen LogP contribution in [-0.2, 0) is 6.54 Å². The second-order valence-electron chi connectivity index (χ2n) is 6.04. The molecule has 1 heterocycles. The van der Waals surface area contributed by atoms with Crippen molar-refractivity contribution < 1.29 is 9.59 Å². The molecule has 1 N–H and O–H groups in total. The Morgan fingerprint density at radius 3 is 2.15 bits per heavy atom. The maximum absolute atomic E-state index is 12.5. The van der Waals surface area contributed by atoms with Gasteiger partial charge >= 0.3 is 6.03 Å². The van der Waals surface area contributed by atoms with E-state index in [-0.39, 0.29) is 11.9 Å². The second kappa shape index (κ2) is 8.43. The van der Waals surface area contributed by atoms with Gasteiger partial charge < -0.3 is 15.1 Å². The lowest BCUT2D eigenvalue weighted by Gasteiger charge is -2.34. The van der Waals surface area contributed by atoms with E-state index in [9.17, 15) is 9.59 Å². The van der Waals surface area contributed by atoms with E-state index in [1.807, 2.05) is 18.2 Å². The van der Waals surface area contributed by atoms with Crippen LogP contribution in [0.2, 0.25) is 10.0 Å². The number of carbonyl (C=O) groups is 2. The van der Waals surface area contributed by atoms with Gasteiger partial charge in [-0.05, 0) is 35.9 Å². The van der Waals surface area contributed by atoms with Crippen molar-refractivity contribution in [1.82, 2.24) is 15.1 Å². The zero-order valence-corrected chi connectivity index (χ0v) is 15.6. The van der Waals surface area contributed by atoms with E-state index < -0.39 is 0 Å². The molecule has 0 radical (unpaired) electrons. The van der Waals surface area contributed by atoms with Crippen LogP contribution in [0.5, 0.6) is 0 Å². The van der Waals surface area contributed by atoms with Crippen molar-refractivity contribution in [1.29, 1.82) is 0 Å². The highest BCUT2D eigenvalue weighted by Gasteiger charge is 2.24. The van der Waals surface area contributed by atoms with Crippen molar-refractivity contribution in [3.63, 3.8) is 0 Å². The molecular weight excluding hydrogens is 373 g/mol. The molecule has 5 nitrogen and oxygen atoms in total. The third-order valence-corrected chi connectivity index (χ3v) is 4.95. The number of hydrogen-bond donors (Lipinski definition) is 1. The molecular formula is C19H19Cl2N3O2. The molecule has 3 rings (SSSR count). The lowest BCUT2D eigenvalue weighted by atomic mass is 10.2. The topological polar surface area (TPSA) is 52.7 Å². The number of amides is 3. The average molecular weight is 392 g/mol. The molecule has 0 saturated carbocycles. The van der Waals surface area contributed by atoms with Crippen molar-refractivity contribution in [2.45, 2.75) is 6.54 Å². The monoisotopic (exact) mass is 391 g/mol. The van der Waals surface area contributed by atoms with Gasteiger partial charge in [-0.2, -0.15) is 0 Å². The Kier molecular flexibility index (Phi) is 6.01. The zero-order valence-electron chi connectivity index (χ0n) is 14.1. The smallest absolute Gasteiger partial charge is 0.317 e. The number of hydrogen-bond acceptors (Lipinski definition) is 2. The number of piperazine rings is 1. The summed E-state index contributed by atoms with van der Waals surface area (Å²) in [6.45, 7) is 2.37. The Labute approximate surface area is 162 Å². The molecule has 136 valence electrons. The molecule has 1 aliphatic heterocycles. The van der Waals surface area contributed by atoms with E-state index >= 15 is 0 Å². The highest BCUT2D eigenvalue weighted by Crippen LogP contribution is 2.15. The van der Waals surface area contributed by atoms with E-state index in [0.29, 0.717) is 48.3 Å². The summed E-state index contributed by atoms with van der Waals surface area (Å²) in [7, 11) is 0. The summed E-state index contributed by atoms with van der Waals surface area (Å²) in [5.41, 5.74) is 1.48. The fraction of sp³-hybridized carbons (Fsp3) is 0.263. The number of urea groups is 1. The van der Waals surface area contributed by atoms with Crippen LogP contribution >= 0.6 is 23.2 Å². The van der Waals surface area contributed by atoms with Gasteiger partial charge in [0.05, 0.1) is 0 Å². The first-order valence-electron chi connectivity index (χ1n) is 8.35. The molecule has 0 aromatic heterocycles. The highest BCUT2D eigenvalue weighted by atomic mass is 35.5. The second-order valence-corrected chi connectivity index (χ2v) is 6.88. The van der Waals surface area contributed by atoms with Crippen molar-refractivity contribution in [3.8, 4) is 0 Å². The summed E-state index contributed by atoms with van der Waals surface area (Å²) < 4.78 is 0. The van der Waals surface area contributed by atoms with Gasteiger partial charge in [0.25, 0.3) is 5.91 Å². The van der Waals surface area contributed by atoms with Gasteiger partial charge in [-0.1, -0.05) is 41.4 Å². The van der Waals surface area contributed by atoms with Gasteiger partial charge in [0.1, 0.15) is 0 Å². The Hall–Kier alpha value is -2.24. The van der Waals surface area contributed by atoms with Gasteiger partial charge in [0, 0.05) is 48.3 Å². The predicted molar refractivity (Wildman–Crippen MR) is 103 cm³/mol. The number of nitrogens with zero attached hydrogens (tertiary/aromatic N) is 2. The SMILES string of the molecule is O=C(NCc1ccccc1Cl)N1CCN(C(=O)c2ccc(Cl)cc2)CC1. The van der Waals surface area contributed by atoms with Crippen LogP contribution in [0.4, 0.5) is 4.79 Å². The van der Waals surface area contributed by atoms with E-state index in [1.54, 1.807) is 40.1 Å². The third-order valence-electron chi connectivity index (χ3n) is 4.33. The molecule has 3 amide bonds. The van der Waals surface area contributed by atoms with Crippen LogP contribution in [0.1, 0.15) is 15.9 Å². The summed E-state index contributed by atoms with van der Waals surface area (Å²) >= 11 is 12.0. The van der Waals surface area contributed by atoms with Crippen molar-refractivity contribution >= 4 is 35.1 Å². The lowest BCUT2D eigenvalue weighted by molar-refractivity contribution is 0.0665. The third kappa shape index (κ3) is 4.48. The Morgan fingerprint density at radius 1 is 0.885 bits per heavy atom. The summed E-state index contributed by atoms with van der Waals surface area (Å²) in [6.07, 6.45) is 0. The standard InChI is InChI=1S/C19H19Cl2N3O2/c20-16-7-5-14(6-8-16)18(25)23-9-11-24(12-10-23)19(26)22-13-15-3-1-2-4-17(15)21/h1-8H,9-13H2,(H,22,26). The van der Waals surface area contributed by atoms with Crippen molar-refractivity contribution in [2.75, 3.05) is 26.2 Å². The van der Waals surface area contributed by atoms with Crippen LogP contribution < -0.4 is 5.32 Å². The fourth-order valence-electron chi connectivity index (χ4n) is 2.81. The molecule has 26 heavy (non-hydrogen) atoms. The van der Waals surface area contributed by atoms with Gasteiger partial charge in [-0.15, -0.1) is 0 Å². The van der Waals surface area contributed by atoms with Gasteiger partial charge in [-0.3, -0.25) is 4.79 Å². The van der Waals surface area contributed by atoms with E-state index in [0.717, 1.165) is 5.56 Å². The molecule has 1 fully saturated rings. The molecule has 1 aliphatic rings. The molecule has 0 atom stereocenters. The minimum absolute atomic E-state index is 0.0437. The summed E-state index contributed by atoms with van der Waals surface area (Å²) in [6, 6.07) is 14.1. The summed E-state index contributed by atoms with van der Waals surface area (Å²) in [5.74, 6) is -0.0437. The first kappa shape index (κ1) is 18.5. The maximum atomic E-state index is 12.5. The molecule has 0 bridgehead atoms. The number of benzene rings is 2. The molecule has 7 heteroatoms. The minimum atomic E-state index is -0.150. The lowest BCUT2D eigenvalue weighted by Crippen LogP contribution is -2.53. The van der Waals surface area contributed by atoms with Crippen LogP contribution in [0, 0.1) is 0 Å². The van der Waals surface area contributed by atoms with Crippen LogP contribution in [0.15, 0.2) is 48.5 Å². The highest BCUT2D eigenvalue weighted by molar-refractivity contribution is 6.31. The van der Waals surface area contributed by atoms with E-state index in [4.69, 9.17) is 23.2 Å². The summed E-state index contributed by atoms with van der Waals surface area (Å²) in [4.78, 5) is 28.3. The molecule has 0 aliphatic carbocycles. The van der Waals surface area contributed by atoms with Crippen LogP contribution in [0.25, 0.3) is 0 Å². The van der Waals surface area contributed by atoms with Gasteiger partial charge in [0.15, 0.2) is 0 Å². The van der Waals surface area contributed by atoms with Gasteiger partial charge in [0.2, 0.25) is 0 Å². The van der Waals surface area contributed by atoms with E-state index in [1.165, 1.54) is 0 Å². The molecule has 0 unspecified atom stereocenters. The largest absolute Gasteiger partial charge is 0.335 e. The Morgan fingerprint density at radius 2 is 1.50 bits per heavy atom. The number of carbonyl (C=O) groups excluding carboxylic acids is 2. The van der Waals surface area contributed by atoms with Gasteiger partial charge in [-0.25, -0.2) is 4.79 Å². The number of nitrogens with one attached hydrogen (secondary N) is 1. The number of rotatable bonds is 3. The normalized spacial score (nSPS) is 14.2. The van der Waals surface area contributed by atoms with E-state index in [2.05, 4.69) is 5.32 Å². The fourth-order valence-corrected chi connectivity index (χ4v) is 3.14. The quantitative estimate of drug-likeness (QED) is 0.867. The Bertz CT molecular complexity index is 788. The molecule has 0 spiro atoms. The molecule has 2 aromatic rings. The zero-order chi connectivity index (χ0) is 18.5.